The summed E-state index contributed by atoms with van der Waals surface area (Å²) in [5, 5.41) is 20.4. The van der Waals surface area contributed by atoms with Crippen LogP contribution in [0.1, 0.15) is 64.3 Å². The van der Waals surface area contributed by atoms with Crippen molar-refractivity contribution in [3.05, 3.63) is 133 Å². The maximum absolute atomic E-state index is 15.5. The number of carbonyl (C=O) groups excluding carboxylic acids is 1. The van der Waals surface area contributed by atoms with Gasteiger partial charge in [0.15, 0.2) is 11.5 Å². The highest BCUT2D eigenvalue weighted by Crippen LogP contribution is 2.68. The predicted molar refractivity (Wildman–Crippen MR) is 226 cm³/mol. The second-order valence-corrected chi connectivity index (χ2v) is 18.3. The lowest BCUT2D eigenvalue weighted by Crippen LogP contribution is -2.38. The van der Waals surface area contributed by atoms with Gasteiger partial charge in [-0.25, -0.2) is 40.3 Å². The van der Waals surface area contributed by atoms with Gasteiger partial charge in [-0.2, -0.15) is 24.2 Å². The molecule has 1 N–H and O–H groups in total. The third-order valence-corrected chi connectivity index (χ3v) is 13.0. The van der Waals surface area contributed by atoms with E-state index in [2.05, 4.69) is 25.5 Å². The largest absolute Gasteiger partial charge is 0.497 e. The molecule has 2 aliphatic rings. The van der Waals surface area contributed by atoms with Gasteiger partial charge in [-0.15, -0.1) is 0 Å². The summed E-state index contributed by atoms with van der Waals surface area (Å²) in [6.07, 6.45) is -1.69. The second kappa shape index (κ2) is 16.2. The molecule has 15 nitrogen and oxygen atoms in total. The van der Waals surface area contributed by atoms with Crippen molar-refractivity contribution >= 4 is 55.3 Å². The SMILES string of the molecule is COc1ccc(CN(c2nn(C)c3c(-n4c(C(Cc5cc(F)cc(F)c5)NC(=O)Cn5nc(C(F)F)c6c5C(F)(F)[C@@H]5C[C@H]65)nc5ncc(C#N)cc5c4=O)ccc(Cl)c23)S(C)(=O)=O)cc1. The first-order chi connectivity index (χ1) is 31.3. The number of methoxy groups -OCH3 is 1. The maximum Gasteiger partial charge on any atom is 0.293 e. The number of aromatic nitrogens is 7. The lowest BCUT2D eigenvalue weighted by Gasteiger charge is -2.24. The first-order valence-corrected chi connectivity index (χ1v) is 22.1. The van der Waals surface area contributed by atoms with Gasteiger partial charge in [-0.1, -0.05) is 23.7 Å². The molecule has 3 aromatic carbocycles. The van der Waals surface area contributed by atoms with Crippen molar-refractivity contribution in [1.82, 2.24) is 39.4 Å². The highest BCUT2D eigenvalue weighted by atomic mass is 35.5. The summed E-state index contributed by atoms with van der Waals surface area (Å²) in [4.78, 5) is 38.0. The molecule has 0 aliphatic heterocycles. The Morgan fingerprint density at radius 2 is 1.79 bits per heavy atom. The Kier molecular flexibility index (Phi) is 10.8. The molecule has 0 spiro atoms. The zero-order valence-electron chi connectivity index (χ0n) is 34.6. The summed E-state index contributed by atoms with van der Waals surface area (Å²) in [6.45, 7) is -1.25. The number of ether oxygens (including phenoxy) is 1. The Hall–Kier alpha value is -6.99. The summed E-state index contributed by atoms with van der Waals surface area (Å²) in [5.41, 5.74) is -2.77. The molecule has 0 radical (unpaired) electrons. The van der Waals surface area contributed by atoms with Crippen LogP contribution < -0.4 is 19.9 Å². The highest BCUT2D eigenvalue weighted by Gasteiger charge is 2.67. The Balaban J connectivity index is 1.23. The van der Waals surface area contributed by atoms with Crippen LogP contribution in [0, 0.1) is 28.9 Å². The van der Waals surface area contributed by atoms with Crippen molar-refractivity contribution in [3.63, 3.8) is 0 Å². The number of pyridine rings is 1. The molecule has 66 heavy (non-hydrogen) atoms. The van der Waals surface area contributed by atoms with Crippen LogP contribution in [0.15, 0.2) is 71.7 Å². The zero-order valence-corrected chi connectivity index (χ0v) is 36.2. The van der Waals surface area contributed by atoms with Crippen LogP contribution in [0.5, 0.6) is 5.75 Å². The number of halogens is 7. The average molecular weight is 951 g/mol. The molecule has 2 aliphatic carbocycles. The monoisotopic (exact) mass is 950 g/mol. The number of fused-ring (bicyclic) bond motifs is 5. The van der Waals surface area contributed by atoms with Crippen LogP contribution >= 0.6 is 11.6 Å². The summed E-state index contributed by atoms with van der Waals surface area (Å²) in [6, 6.07) is 13.3. The molecular weight excluding hydrogens is 918 g/mol. The van der Waals surface area contributed by atoms with Gasteiger partial charge in [0.05, 0.1) is 58.5 Å². The number of benzene rings is 3. The van der Waals surface area contributed by atoms with Crippen molar-refractivity contribution in [3.8, 4) is 17.5 Å². The fraction of sp³-hybridized carbons (Fsp3) is 0.279. The molecule has 9 rings (SSSR count). The molecule has 1 saturated carbocycles. The molecule has 0 bridgehead atoms. The standard InChI is InChI=1S/C43H33ClF6N10O5S/c1-57-36-31(9-8-29(44)34(36)41(56-57)59(66(3,63)64)18-20-4-6-25(65-2)7-5-20)60-40(54-39-27(42(60)62)12-22(16-51)17-52-39)30(13-21-10-23(45)14-24(46)11-21)53-32(61)19-58-37-33(35(55-58)38(47)48)26-15-28(26)43(37,49)50/h4-12,14,17,26,28,30,38H,13,15,18-19H2,1-3H3,(H,53,61)/t26-,28+,30?/m0/s1. The van der Waals surface area contributed by atoms with Crippen LogP contribution in [-0.2, 0) is 47.3 Å². The van der Waals surface area contributed by atoms with Crippen molar-refractivity contribution < 1.29 is 44.3 Å². The molecular formula is C43H33ClF6N10O5S. The van der Waals surface area contributed by atoms with Crippen LogP contribution in [0.3, 0.4) is 0 Å². The lowest BCUT2D eigenvalue weighted by molar-refractivity contribution is -0.123. The van der Waals surface area contributed by atoms with Gasteiger partial charge in [-0.3, -0.25) is 23.5 Å². The Bertz CT molecular complexity index is 3350. The van der Waals surface area contributed by atoms with Gasteiger partial charge >= 0.3 is 0 Å². The minimum absolute atomic E-state index is 0.0125. The van der Waals surface area contributed by atoms with Gasteiger partial charge in [-0.05, 0) is 65.9 Å². The fourth-order valence-electron chi connectivity index (χ4n) is 8.68. The van der Waals surface area contributed by atoms with Gasteiger partial charge in [0, 0.05) is 37.2 Å². The summed E-state index contributed by atoms with van der Waals surface area (Å²) < 4.78 is 125. The van der Waals surface area contributed by atoms with E-state index in [1.807, 2.05) is 6.07 Å². The number of anilines is 1. The lowest BCUT2D eigenvalue weighted by atomic mass is 10.0. The van der Waals surface area contributed by atoms with E-state index in [1.165, 1.54) is 37.0 Å². The van der Waals surface area contributed by atoms with Crippen molar-refractivity contribution in [2.75, 3.05) is 17.7 Å². The molecule has 0 saturated heterocycles. The third-order valence-electron chi connectivity index (χ3n) is 11.6. The summed E-state index contributed by atoms with van der Waals surface area (Å²) >= 11 is 6.85. The van der Waals surface area contributed by atoms with Gasteiger partial charge in [0.2, 0.25) is 15.9 Å². The van der Waals surface area contributed by atoms with Crippen LogP contribution in [0.4, 0.5) is 32.2 Å². The minimum atomic E-state index is -4.12. The normalized spacial score (nSPS) is 16.6. The first kappa shape index (κ1) is 44.2. The molecule has 1 unspecified atom stereocenters. The van der Waals surface area contributed by atoms with E-state index < -0.39 is 87.7 Å². The van der Waals surface area contributed by atoms with Gasteiger partial charge in [0.25, 0.3) is 17.9 Å². The molecule has 4 aromatic heterocycles. The number of amides is 1. The third kappa shape index (κ3) is 7.64. The zero-order chi connectivity index (χ0) is 47.1. The molecule has 340 valence electrons. The van der Waals surface area contributed by atoms with Crippen molar-refractivity contribution in [2.24, 2.45) is 13.0 Å². The number of nitrogens with zero attached hydrogens (tertiary/aromatic N) is 9. The molecule has 3 atom stereocenters. The molecule has 7 aromatic rings. The number of rotatable bonds is 13. The minimum Gasteiger partial charge on any atom is -0.497 e. The van der Waals surface area contributed by atoms with E-state index in [4.69, 9.17) is 16.3 Å². The molecule has 1 amide bonds. The maximum atomic E-state index is 15.5. The van der Waals surface area contributed by atoms with E-state index in [1.54, 1.807) is 24.3 Å². The van der Waals surface area contributed by atoms with E-state index in [0.29, 0.717) is 22.1 Å². The number of hydrogen-bond acceptors (Lipinski definition) is 10. The van der Waals surface area contributed by atoms with Crippen LogP contribution in [-0.4, -0.2) is 61.8 Å². The van der Waals surface area contributed by atoms with Crippen LogP contribution in [0.2, 0.25) is 5.02 Å². The first-order valence-electron chi connectivity index (χ1n) is 19.9. The van der Waals surface area contributed by atoms with E-state index in [0.717, 1.165) is 33.5 Å². The fourth-order valence-corrected chi connectivity index (χ4v) is 9.74. The Morgan fingerprint density at radius 1 is 1.08 bits per heavy atom. The number of hydrogen-bond donors (Lipinski definition) is 1. The number of nitrogens with one attached hydrogen (secondary N) is 1. The summed E-state index contributed by atoms with van der Waals surface area (Å²) in [5.74, 6) is -8.77. The van der Waals surface area contributed by atoms with Crippen molar-refractivity contribution in [2.45, 2.75) is 50.2 Å². The summed E-state index contributed by atoms with van der Waals surface area (Å²) in [7, 11) is -1.21. The van der Waals surface area contributed by atoms with Gasteiger partial charge < -0.3 is 10.1 Å². The smallest absolute Gasteiger partial charge is 0.293 e. The van der Waals surface area contributed by atoms with Crippen LogP contribution in [0.25, 0.3) is 27.6 Å². The average Bonchev–Trinajstić information content (AvgIpc) is 3.79. The molecule has 1 fully saturated rings. The van der Waals surface area contributed by atoms with Crippen molar-refractivity contribution in [1.29, 1.82) is 5.26 Å². The van der Waals surface area contributed by atoms with E-state index >= 15 is 8.78 Å². The van der Waals surface area contributed by atoms with Gasteiger partial charge in [0.1, 0.15) is 47.2 Å². The quantitative estimate of drug-likeness (QED) is 0.120. The number of sulfonamides is 1. The number of aryl methyl sites for hydroxylation is 1. The number of nitriles is 1. The molecule has 4 heterocycles. The van der Waals surface area contributed by atoms with E-state index in [-0.39, 0.29) is 73.9 Å². The van der Waals surface area contributed by atoms with E-state index in [9.17, 15) is 40.8 Å². The Labute approximate surface area is 374 Å². The second-order valence-electron chi connectivity index (χ2n) is 16.0. The topological polar surface area (TPSA) is 183 Å². The highest BCUT2D eigenvalue weighted by molar-refractivity contribution is 7.92. The Morgan fingerprint density at radius 3 is 2.44 bits per heavy atom. The molecule has 23 heteroatoms. The number of carbonyl (C=O) groups is 1. The predicted octanol–water partition coefficient (Wildman–Crippen LogP) is 6.89. The number of alkyl halides is 4.